The van der Waals surface area contributed by atoms with Crippen LogP contribution in [0.15, 0.2) is 164 Å². The predicted octanol–water partition coefficient (Wildman–Crippen LogP) is 9.09. The van der Waals surface area contributed by atoms with Crippen LogP contribution in [0.3, 0.4) is 0 Å². The molecule has 1 N–H and O–H groups in total. The van der Waals surface area contributed by atoms with Crippen molar-refractivity contribution in [3.63, 3.8) is 0 Å². The molecule has 0 spiro atoms. The van der Waals surface area contributed by atoms with Crippen molar-refractivity contribution in [2.75, 3.05) is 6.16 Å². The first-order valence-corrected chi connectivity index (χ1v) is 18.8. The molecule has 0 saturated carbocycles. The molecule has 0 fully saturated rings. The summed E-state index contributed by atoms with van der Waals surface area (Å²) in [5.74, 6) is -1.04. The Kier molecular flexibility index (Phi) is 11.0. The SMILES string of the molecule is O=C(NC(CP(c1ccccc1)c1ccccc1)c1ccccc1P(c1ccccc1)c1ccccc1)c1cc(C(F)(F)F)cc(C(F)(F)F)c1. The zero-order valence-corrected chi connectivity index (χ0v) is 28.7. The quantitative estimate of drug-likeness (QED) is 0.111. The summed E-state index contributed by atoms with van der Waals surface area (Å²) in [6.45, 7) is 0. The van der Waals surface area contributed by atoms with E-state index in [9.17, 15) is 31.1 Å². The van der Waals surface area contributed by atoms with Crippen LogP contribution in [0.5, 0.6) is 0 Å². The Morgan fingerprint density at radius 3 is 1.35 bits per heavy atom. The van der Waals surface area contributed by atoms with Crippen LogP contribution < -0.4 is 31.8 Å². The molecule has 1 amide bonds. The van der Waals surface area contributed by atoms with Crippen LogP contribution in [0.2, 0.25) is 0 Å². The molecule has 1 unspecified atom stereocenters. The zero-order chi connectivity index (χ0) is 36.0. The van der Waals surface area contributed by atoms with Gasteiger partial charge in [0.1, 0.15) is 0 Å². The second kappa shape index (κ2) is 15.6. The fourth-order valence-electron chi connectivity index (χ4n) is 5.87. The maximum atomic E-state index is 14.0. The van der Waals surface area contributed by atoms with Gasteiger partial charge in [-0.15, -0.1) is 0 Å². The normalized spacial score (nSPS) is 12.5. The number of nitrogens with one attached hydrogen (secondary N) is 1. The lowest BCUT2D eigenvalue weighted by molar-refractivity contribution is -0.143. The molecule has 0 heterocycles. The highest BCUT2D eigenvalue weighted by Gasteiger charge is 2.38. The molecule has 0 aliphatic heterocycles. The molecule has 6 aromatic carbocycles. The first-order valence-electron chi connectivity index (χ1n) is 16.0. The van der Waals surface area contributed by atoms with Gasteiger partial charge >= 0.3 is 12.4 Å². The molecule has 0 radical (unpaired) electrons. The minimum absolute atomic E-state index is 0.0283. The summed E-state index contributed by atoms with van der Waals surface area (Å²) in [4.78, 5) is 14.0. The molecule has 1 atom stereocenters. The van der Waals surface area contributed by atoms with Gasteiger partial charge in [-0.05, 0) is 66.1 Å². The van der Waals surface area contributed by atoms with Gasteiger partial charge < -0.3 is 5.32 Å². The van der Waals surface area contributed by atoms with E-state index in [1.54, 1.807) is 0 Å². The number of halogens is 6. The highest BCUT2D eigenvalue weighted by molar-refractivity contribution is 7.80. The third-order valence-corrected chi connectivity index (χ3v) is 13.3. The van der Waals surface area contributed by atoms with Gasteiger partial charge in [0.05, 0.1) is 17.2 Å². The van der Waals surface area contributed by atoms with E-state index < -0.39 is 56.8 Å². The van der Waals surface area contributed by atoms with Gasteiger partial charge in [0.25, 0.3) is 5.91 Å². The maximum absolute atomic E-state index is 14.0. The lowest BCUT2D eigenvalue weighted by atomic mass is 10.0. The highest BCUT2D eigenvalue weighted by Crippen LogP contribution is 2.42. The minimum Gasteiger partial charge on any atom is -0.345 e. The minimum atomic E-state index is -5.10. The molecule has 0 aromatic heterocycles. The number of alkyl halides is 6. The molecule has 258 valence electrons. The number of amides is 1. The summed E-state index contributed by atoms with van der Waals surface area (Å²) in [5.41, 5.74) is -3.09. The Labute approximate surface area is 294 Å². The van der Waals surface area contributed by atoms with Crippen molar-refractivity contribution in [1.82, 2.24) is 5.32 Å². The molecule has 6 aromatic rings. The smallest absolute Gasteiger partial charge is 0.345 e. The van der Waals surface area contributed by atoms with E-state index in [1.807, 2.05) is 146 Å². The third kappa shape index (κ3) is 8.76. The van der Waals surface area contributed by atoms with Crippen molar-refractivity contribution in [3.05, 3.63) is 186 Å². The van der Waals surface area contributed by atoms with Crippen molar-refractivity contribution in [1.29, 1.82) is 0 Å². The lowest BCUT2D eigenvalue weighted by Gasteiger charge is -2.30. The Bertz CT molecular complexity index is 1950. The van der Waals surface area contributed by atoms with E-state index in [-0.39, 0.29) is 6.07 Å². The van der Waals surface area contributed by atoms with Gasteiger partial charge in [-0.2, -0.15) is 26.3 Å². The molecular formula is C41H31F6NOP2. The van der Waals surface area contributed by atoms with Crippen molar-refractivity contribution >= 4 is 48.3 Å². The molecule has 2 nitrogen and oxygen atoms in total. The van der Waals surface area contributed by atoms with Gasteiger partial charge in [0.2, 0.25) is 0 Å². The first kappa shape index (κ1) is 36.0. The summed E-state index contributed by atoms with van der Waals surface area (Å²) < 4.78 is 83.1. The number of hydrogen-bond donors (Lipinski definition) is 1. The molecule has 6 rings (SSSR count). The summed E-state index contributed by atoms with van der Waals surface area (Å²) in [6.07, 6.45) is -9.87. The van der Waals surface area contributed by atoms with Gasteiger partial charge in [-0.25, -0.2) is 0 Å². The number of carbonyl (C=O) groups excluding carboxylic acids is 1. The van der Waals surface area contributed by atoms with E-state index >= 15 is 0 Å². The van der Waals surface area contributed by atoms with Crippen LogP contribution in [-0.4, -0.2) is 12.1 Å². The highest BCUT2D eigenvalue weighted by atomic mass is 31.1. The average molecular weight is 730 g/mol. The number of hydrogen-bond acceptors (Lipinski definition) is 1. The predicted molar refractivity (Wildman–Crippen MR) is 196 cm³/mol. The molecule has 0 aliphatic rings. The summed E-state index contributed by atoms with van der Waals surface area (Å²) in [5, 5.41) is 7.92. The first-order chi connectivity index (χ1) is 24.5. The third-order valence-electron chi connectivity index (χ3n) is 8.24. The summed E-state index contributed by atoms with van der Waals surface area (Å²) in [6, 6.07) is 47.0. The van der Waals surface area contributed by atoms with Crippen LogP contribution >= 0.6 is 15.8 Å². The fraction of sp³-hybridized carbons (Fsp3) is 0.0976. The second-order valence-corrected chi connectivity index (χ2v) is 16.1. The van der Waals surface area contributed by atoms with Crippen LogP contribution in [0.4, 0.5) is 26.3 Å². The average Bonchev–Trinajstić information content (AvgIpc) is 3.14. The van der Waals surface area contributed by atoms with E-state index in [0.29, 0.717) is 18.3 Å². The Morgan fingerprint density at radius 2 is 0.922 bits per heavy atom. The monoisotopic (exact) mass is 729 g/mol. The number of rotatable bonds is 10. The molecular weight excluding hydrogens is 698 g/mol. The number of benzene rings is 6. The molecule has 10 heteroatoms. The number of carbonyl (C=O) groups is 1. The van der Waals surface area contributed by atoms with Crippen LogP contribution in [-0.2, 0) is 12.4 Å². The molecule has 0 aliphatic carbocycles. The second-order valence-electron chi connectivity index (χ2n) is 11.7. The zero-order valence-electron chi connectivity index (χ0n) is 26.9. The van der Waals surface area contributed by atoms with Crippen molar-refractivity contribution in [2.45, 2.75) is 18.4 Å². The van der Waals surface area contributed by atoms with Crippen LogP contribution in [0, 0.1) is 0 Å². The van der Waals surface area contributed by atoms with Gasteiger partial charge in [-0.1, -0.05) is 146 Å². The summed E-state index contributed by atoms with van der Waals surface area (Å²) >= 11 is 0. The maximum Gasteiger partial charge on any atom is 0.416 e. The van der Waals surface area contributed by atoms with E-state index in [4.69, 9.17) is 0 Å². The Hall–Kier alpha value is -4.77. The Morgan fingerprint density at radius 1 is 0.529 bits per heavy atom. The van der Waals surface area contributed by atoms with E-state index in [1.165, 1.54) is 0 Å². The van der Waals surface area contributed by atoms with E-state index in [2.05, 4.69) is 5.32 Å². The fourth-order valence-corrected chi connectivity index (χ4v) is 10.8. The van der Waals surface area contributed by atoms with Crippen molar-refractivity contribution in [3.8, 4) is 0 Å². The lowest BCUT2D eigenvalue weighted by Crippen LogP contribution is -2.36. The molecule has 0 bridgehead atoms. The van der Waals surface area contributed by atoms with Crippen molar-refractivity contribution < 1.29 is 31.1 Å². The van der Waals surface area contributed by atoms with Gasteiger partial charge in [0.15, 0.2) is 0 Å². The van der Waals surface area contributed by atoms with Crippen molar-refractivity contribution in [2.24, 2.45) is 0 Å². The van der Waals surface area contributed by atoms with Crippen LogP contribution in [0.25, 0.3) is 0 Å². The van der Waals surface area contributed by atoms with Gasteiger partial charge in [-0.3, -0.25) is 4.79 Å². The molecule has 0 saturated heterocycles. The Balaban J connectivity index is 1.52. The summed E-state index contributed by atoms with van der Waals surface area (Å²) in [7, 11) is -2.37. The van der Waals surface area contributed by atoms with E-state index in [0.717, 1.165) is 32.1 Å². The topological polar surface area (TPSA) is 29.1 Å². The van der Waals surface area contributed by atoms with Crippen LogP contribution in [0.1, 0.15) is 33.1 Å². The van der Waals surface area contributed by atoms with Gasteiger partial charge in [0, 0.05) is 11.7 Å². The molecule has 51 heavy (non-hydrogen) atoms. The standard InChI is InChI=1S/C41H31F6NOP2/c42-40(43,44)30-25-29(26-31(27-30)41(45,46)47)39(49)48-37(28-50(32-15-5-1-6-16-32)33-17-7-2-8-18-33)36-23-13-14-24-38(36)51(34-19-9-3-10-20-34)35-21-11-4-12-22-35/h1-27,37H,28H2,(H,48,49). The largest absolute Gasteiger partial charge is 0.416 e.